The molecule has 3 saturated heterocycles. The molecule has 3 aliphatic rings. The molecule has 0 aliphatic carbocycles. The Morgan fingerprint density at radius 3 is 2.23 bits per heavy atom. The fraction of sp³-hybridized carbons (Fsp3) is 0.465. The number of piperidine rings is 3. The molecule has 0 radical (unpaired) electrons. The first-order chi connectivity index (χ1) is 22.9. The number of nitrogens with zero attached hydrogens (tertiary/aromatic N) is 2. The van der Waals surface area contributed by atoms with Crippen molar-refractivity contribution < 1.29 is 18.7 Å². The van der Waals surface area contributed by atoms with E-state index in [1.54, 1.807) is 7.11 Å². The summed E-state index contributed by atoms with van der Waals surface area (Å²) in [6.45, 7) is 21.8. The van der Waals surface area contributed by atoms with Crippen LogP contribution < -0.4 is 9.47 Å². The Bertz CT molecular complexity index is 1720. The smallest absolute Gasteiger partial charge is 0.135 e. The highest BCUT2D eigenvalue weighted by Gasteiger charge is 2.55. The Hall–Kier alpha value is -3.67. The molecule has 0 amide bonds. The van der Waals surface area contributed by atoms with E-state index in [0.29, 0.717) is 18.4 Å². The van der Waals surface area contributed by atoms with Crippen molar-refractivity contribution in [2.24, 2.45) is 11.8 Å². The van der Waals surface area contributed by atoms with E-state index >= 15 is 0 Å². The molecule has 7 rings (SSSR count). The van der Waals surface area contributed by atoms with E-state index < -0.39 is 0 Å². The molecule has 2 unspecified atom stereocenters. The molecule has 0 saturated carbocycles. The summed E-state index contributed by atoms with van der Waals surface area (Å²) in [4.78, 5) is 4.76. The van der Waals surface area contributed by atoms with Crippen LogP contribution in [0, 0.1) is 11.8 Å². The summed E-state index contributed by atoms with van der Waals surface area (Å²) >= 11 is 0. The first-order valence-electron chi connectivity index (χ1n) is 17.7. The second-order valence-corrected chi connectivity index (χ2v) is 16.3. The number of quaternary nitrogens is 1. The molecule has 3 fully saturated rings. The number of ether oxygens (including phenoxy) is 3. The van der Waals surface area contributed by atoms with E-state index in [9.17, 15) is 0 Å². The van der Waals surface area contributed by atoms with Gasteiger partial charge in [-0.15, -0.1) is 6.58 Å². The minimum Gasteiger partial charge on any atom is -0.497 e. The van der Waals surface area contributed by atoms with Crippen LogP contribution in [-0.4, -0.2) is 42.8 Å². The Morgan fingerprint density at radius 2 is 1.60 bits per heavy atom. The maximum atomic E-state index is 7.18. The molecular weight excluding hydrogens is 592 g/mol. The summed E-state index contributed by atoms with van der Waals surface area (Å²) in [7, 11) is 3.55. The zero-order chi connectivity index (χ0) is 34.3. The van der Waals surface area contributed by atoms with Gasteiger partial charge in [0, 0.05) is 47.0 Å². The second-order valence-electron chi connectivity index (χ2n) is 16.3. The third-order valence-corrected chi connectivity index (χ3v) is 11.1. The standard InChI is InChI=1S/C43H55N2O3/c1-10-31-27-45(26-30-22-36(42(2,3)4)41(47-9)37(23-30)43(5,6)7)21-19-32(31)24-39(45)40(48-28-29-14-12-11-13-15-29)34-18-20-44-38-17-16-33(46-8)25-35(34)38/h10-18,20,22-23,25,31-32,39-40H,1,19,21,24,26-28H2,2-9H3/q+1/t31-,32?,39-,40+,45?/m0/s1. The highest BCUT2D eigenvalue weighted by atomic mass is 16.5. The molecule has 5 atom stereocenters. The number of benzene rings is 3. The fourth-order valence-electron chi connectivity index (χ4n) is 8.53. The van der Waals surface area contributed by atoms with Crippen molar-refractivity contribution >= 4 is 10.9 Å². The zero-order valence-electron chi connectivity index (χ0n) is 30.4. The molecule has 1 aromatic heterocycles. The van der Waals surface area contributed by atoms with Crippen molar-refractivity contribution in [3.63, 3.8) is 0 Å². The molecule has 0 N–H and O–H groups in total. The Balaban J connectivity index is 1.51. The summed E-state index contributed by atoms with van der Waals surface area (Å²) in [5, 5.41) is 1.10. The lowest BCUT2D eigenvalue weighted by molar-refractivity contribution is -0.985. The monoisotopic (exact) mass is 647 g/mol. The van der Waals surface area contributed by atoms with Crippen molar-refractivity contribution in [2.45, 2.75) is 90.5 Å². The topological polar surface area (TPSA) is 40.6 Å². The molecule has 254 valence electrons. The van der Waals surface area contributed by atoms with Crippen molar-refractivity contribution in [3.8, 4) is 11.5 Å². The SMILES string of the molecule is C=C[C@H]1C[N+]2(Cc3cc(C(C)(C)C)c(OC)c(C(C)(C)C)c3)CCC1C[C@H]2[C@H](OCc1ccccc1)c1ccnc2ccc(OC)cc12. The lowest BCUT2D eigenvalue weighted by Crippen LogP contribution is -2.67. The molecule has 4 heterocycles. The molecular formula is C43H55N2O3+. The molecule has 3 aromatic carbocycles. The van der Waals surface area contributed by atoms with Crippen LogP contribution in [0.3, 0.4) is 0 Å². The zero-order valence-corrected chi connectivity index (χ0v) is 30.4. The Morgan fingerprint density at radius 1 is 0.896 bits per heavy atom. The van der Waals surface area contributed by atoms with E-state index in [0.717, 1.165) is 52.9 Å². The molecule has 2 bridgehead atoms. The van der Waals surface area contributed by atoms with Gasteiger partial charge in [-0.2, -0.15) is 0 Å². The van der Waals surface area contributed by atoms with Crippen LogP contribution in [0.15, 0.2) is 85.6 Å². The molecule has 5 nitrogen and oxygen atoms in total. The number of fused-ring (bicyclic) bond motifs is 4. The van der Waals surface area contributed by atoms with Gasteiger partial charge in [-0.1, -0.05) is 78.0 Å². The summed E-state index contributed by atoms with van der Waals surface area (Å²) in [5.74, 6) is 2.95. The van der Waals surface area contributed by atoms with Crippen LogP contribution in [0.1, 0.15) is 88.3 Å². The van der Waals surface area contributed by atoms with Crippen molar-refractivity contribution in [1.82, 2.24) is 4.98 Å². The van der Waals surface area contributed by atoms with E-state index in [1.165, 1.54) is 34.2 Å². The second kappa shape index (κ2) is 13.3. The van der Waals surface area contributed by atoms with Gasteiger partial charge in [0.1, 0.15) is 30.2 Å². The van der Waals surface area contributed by atoms with Crippen molar-refractivity contribution in [1.29, 1.82) is 0 Å². The highest BCUT2D eigenvalue weighted by molar-refractivity contribution is 5.84. The van der Waals surface area contributed by atoms with E-state index in [4.69, 9.17) is 19.2 Å². The Kier molecular flexibility index (Phi) is 9.50. The maximum Gasteiger partial charge on any atom is 0.135 e. The number of pyridine rings is 1. The average molecular weight is 648 g/mol. The van der Waals surface area contributed by atoms with Crippen LogP contribution in [0.4, 0.5) is 0 Å². The third-order valence-electron chi connectivity index (χ3n) is 11.1. The molecule has 5 heteroatoms. The van der Waals surface area contributed by atoms with Crippen LogP contribution >= 0.6 is 0 Å². The number of rotatable bonds is 10. The van der Waals surface area contributed by atoms with Gasteiger partial charge < -0.3 is 18.7 Å². The fourth-order valence-corrected chi connectivity index (χ4v) is 8.53. The normalized spacial score (nSPS) is 23.2. The van der Waals surface area contributed by atoms with Crippen LogP contribution in [0.25, 0.3) is 10.9 Å². The third kappa shape index (κ3) is 6.64. The van der Waals surface area contributed by atoms with Crippen molar-refractivity contribution in [3.05, 3.63) is 113 Å². The van der Waals surface area contributed by atoms with Gasteiger partial charge in [-0.05, 0) is 64.3 Å². The van der Waals surface area contributed by atoms with Gasteiger partial charge in [-0.3, -0.25) is 4.98 Å². The van der Waals surface area contributed by atoms with Gasteiger partial charge >= 0.3 is 0 Å². The predicted molar refractivity (Wildman–Crippen MR) is 197 cm³/mol. The van der Waals surface area contributed by atoms with Gasteiger partial charge in [-0.25, -0.2) is 0 Å². The van der Waals surface area contributed by atoms with Gasteiger partial charge in [0.2, 0.25) is 0 Å². The summed E-state index contributed by atoms with van der Waals surface area (Å²) in [5.41, 5.74) is 7.16. The number of aromatic nitrogens is 1. The van der Waals surface area contributed by atoms with E-state index in [2.05, 4.69) is 115 Å². The van der Waals surface area contributed by atoms with Crippen LogP contribution in [-0.2, 0) is 28.7 Å². The minimum absolute atomic E-state index is 0.0599. The summed E-state index contributed by atoms with van der Waals surface area (Å²) in [6.07, 6.45) is 6.36. The lowest BCUT2D eigenvalue weighted by Gasteiger charge is -2.58. The maximum absolute atomic E-state index is 7.18. The molecule has 4 aromatic rings. The largest absolute Gasteiger partial charge is 0.497 e. The van der Waals surface area contributed by atoms with E-state index in [-0.39, 0.29) is 23.0 Å². The van der Waals surface area contributed by atoms with Crippen molar-refractivity contribution in [2.75, 3.05) is 27.3 Å². The summed E-state index contributed by atoms with van der Waals surface area (Å²) < 4.78 is 20.0. The predicted octanol–water partition coefficient (Wildman–Crippen LogP) is 9.72. The first-order valence-corrected chi connectivity index (χ1v) is 17.7. The molecule has 48 heavy (non-hydrogen) atoms. The highest BCUT2D eigenvalue weighted by Crippen LogP contribution is 2.50. The van der Waals surface area contributed by atoms with Crippen LogP contribution in [0.5, 0.6) is 11.5 Å². The minimum atomic E-state index is -0.126. The summed E-state index contributed by atoms with van der Waals surface area (Å²) in [6, 6.07) is 24.1. The Labute approximate surface area is 288 Å². The quantitative estimate of drug-likeness (QED) is 0.127. The number of hydrogen-bond acceptors (Lipinski definition) is 4. The van der Waals surface area contributed by atoms with Gasteiger partial charge in [0.25, 0.3) is 0 Å². The first kappa shape index (κ1) is 34.2. The lowest BCUT2D eigenvalue weighted by atomic mass is 9.70. The molecule has 3 aliphatic heterocycles. The van der Waals surface area contributed by atoms with E-state index in [1.807, 2.05) is 19.4 Å². The van der Waals surface area contributed by atoms with Gasteiger partial charge in [0.15, 0.2) is 0 Å². The van der Waals surface area contributed by atoms with Gasteiger partial charge in [0.05, 0.1) is 39.4 Å². The number of hydrogen-bond donors (Lipinski definition) is 0. The van der Waals surface area contributed by atoms with Crippen LogP contribution in [0.2, 0.25) is 0 Å². The molecule has 0 spiro atoms. The number of methoxy groups -OCH3 is 2. The average Bonchev–Trinajstić information content (AvgIpc) is 3.07.